The molecule has 0 radical (unpaired) electrons. The Hall–Kier alpha value is -3.37. The van der Waals surface area contributed by atoms with Crippen LogP contribution < -0.4 is 23.7 Å². The van der Waals surface area contributed by atoms with Crippen molar-refractivity contribution in [3.63, 3.8) is 0 Å². The number of ether oxygens (including phenoxy) is 4. The van der Waals surface area contributed by atoms with Crippen LogP contribution in [0.5, 0.6) is 23.1 Å². The number of rotatable bonds is 11. The normalized spacial score (nSPS) is 11.1. The van der Waals surface area contributed by atoms with Gasteiger partial charge in [-0.1, -0.05) is 0 Å². The van der Waals surface area contributed by atoms with Crippen molar-refractivity contribution in [2.45, 2.75) is 11.8 Å². The average molecular weight is 460 g/mol. The third-order valence-electron chi connectivity index (χ3n) is 4.41. The van der Waals surface area contributed by atoms with Crippen molar-refractivity contribution < 1.29 is 27.4 Å². The number of sulfonamides is 1. The maximum absolute atomic E-state index is 12.6. The summed E-state index contributed by atoms with van der Waals surface area (Å²) in [6.07, 6.45) is 0. The third-order valence-corrected chi connectivity index (χ3v) is 5.91. The molecule has 0 amide bonds. The van der Waals surface area contributed by atoms with Crippen LogP contribution in [0.1, 0.15) is 6.92 Å². The summed E-state index contributed by atoms with van der Waals surface area (Å²) in [6, 6.07) is 15.5. The van der Waals surface area contributed by atoms with Gasteiger partial charge in [-0.2, -0.15) is 0 Å². The number of hydrogen-bond donors (Lipinski definition) is 1. The molecule has 0 aliphatic rings. The first-order chi connectivity index (χ1) is 15.5. The minimum absolute atomic E-state index is 0.0142. The Morgan fingerprint density at radius 3 is 2.25 bits per heavy atom. The molecule has 9 nitrogen and oxygen atoms in total. The molecule has 0 saturated carbocycles. The van der Waals surface area contributed by atoms with Crippen LogP contribution in [-0.4, -0.2) is 52.6 Å². The molecule has 0 fully saturated rings. The fourth-order valence-corrected chi connectivity index (χ4v) is 4.01. The summed E-state index contributed by atoms with van der Waals surface area (Å²) >= 11 is 0. The van der Waals surface area contributed by atoms with E-state index in [4.69, 9.17) is 18.9 Å². The molecule has 2 aromatic carbocycles. The molecule has 0 bridgehead atoms. The van der Waals surface area contributed by atoms with Gasteiger partial charge in [-0.15, -0.1) is 10.2 Å². The molecule has 170 valence electrons. The SMILES string of the molecule is CCOc1ccc(-c2ccc(OCCNS(=O)(=O)c3ccc(OC)cc3OC)nn2)cc1. The van der Waals surface area contributed by atoms with E-state index in [1.807, 2.05) is 31.2 Å². The first-order valence-electron chi connectivity index (χ1n) is 9.88. The van der Waals surface area contributed by atoms with Crippen molar-refractivity contribution in [1.82, 2.24) is 14.9 Å². The summed E-state index contributed by atoms with van der Waals surface area (Å²) in [6.45, 7) is 2.66. The summed E-state index contributed by atoms with van der Waals surface area (Å²) < 4.78 is 48.8. The molecule has 0 unspecified atom stereocenters. The zero-order valence-electron chi connectivity index (χ0n) is 18.1. The van der Waals surface area contributed by atoms with E-state index < -0.39 is 10.0 Å². The highest BCUT2D eigenvalue weighted by atomic mass is 32.2. The lowest BCUT2D eigenvalue weighted by molar-refractivity contribution is 0.307. The van der Waals surface area contributed by atoms with Gasteiger partial charge in [0.2, 0.25) is 15.9 Å². The van der Waals surface area contributed by atoms with Crippen LogP contribution in [0.3, 0.4) is 0 Å². The number of nitrogens with zero attached hydrogens (tertiary/aromatic N) is 2. The molecule has 1 heterocycles. The maximum atomic E-state index is 12.6. The van der Waals surface area contributed by atoms with Crippen molar-refractivity contribution in [2.24, 2.45) is 0 Å². The predicted molar refractivity (Wildman–Crippen MR) is 119 cm³/mol. The standard InChI is InChI=1S/C22H25N3O6S/c1-4-30-17-7-5-16(6-8-17)19-10-12-22(25-24-19)31-14-13-23-32(26,27)21-11-9-18(28-2)15-20(21)29-3/h5-12,15,23H,4,13-14H2,1-3H3. The van der Waals surface area contributed by atoms with Crippen LogP contribution in [0.2, 0.25) is 0 Å². The van der Waals surface area contributed by atoms with Crippen LogP contribution in [0.15, 0.2) is 59.5 Å². The highest BCUT2D eigenvalue weighted by Crippen LogP contribution is 2.28. The van der Waals surface area contributed by atoms with Crippen LogP contribution in [0, 0.1) is 0 Å². The average Bonchev–Trinajstić information content (AvgIpc) is 2.82. The van der Waals surface area contributed by atoms with Gasteiger partial charge in [-0.3, -0.25) is 0 Å². The lowest BCUT2D eigenvalue weighted by Crippen LogP contribution is -2.28. The summed E-state index contributed by atoms with van der Waals surface area (Å²) in [5, 5.41) is 8.19. The van der Waals surface area contributed by atoms with Gasteiger partial charge in [0.1, 0.15) is 28.8 Å². The molecule has 1 N–H and O–H groups in total. The first-order valence-corrected chi connectivity index (χ1v) is 11.4. The van der Waals surface area contributed by atoms with Crippen molar-refractivity contribution in [2.75, 3.05) is 34.0 Å². The summed E-state index contributed by atoms with van der Waals surface area (Å²) in [5.74, 6) is 1.77. The Bertz CT molecular complexity index is 1120. The molecule has 0 spiro atoms. The van der Waals surface area contributed by atoms with E-state index in [-0.39, 0.29) is 23.8 Å². The Morgan fingerprint density at radius 2 is 1.62 bits per heavy atom. The van der Waals surface area contributed by atoms with E-state index in [1.165, 1.54) is 26.4 Å². The lowest BCUT2D eigenvalue weighted by Gasteiger charge is -2.12. The molecular weight excluding hydrogens is 434 g/mol. The molecular formula is C22H25N3O6S. The highest BCUT2D eigenvalue weighted by Gasteiger charge is 2.19. The van der Waals surface area contributed by atoms with Gasteiger partial charge >= 0.3 is 0 Å². The van der Waals surface area contributed by atoms with Gasteiger partial charge in [0, 0.05) is 24.2 Å². The molecule has 1 aromatic heterocycles. The fourth-order valence-electron chi connectivity index (χ4n) is 2.85. The lowest BCUT2D eigenvalue weighted by atomic mass is 10.1. The van der Waals surface area contributed by atoms with Crippen molar-refractivity contribution in [3.05, 3.63) is 54.6 Å². The molecule has 32 heavy (non-hydrogen) atoms. The fraction of sp³-hybridized carbons (Fsp3) is 0.273. The van der Waals surface area contributed by atoms with Crippen molar-refractivity contribution in [3.8, 4) is 34.4 Å². The van der Waals surface area contributed by atoms with E-state index >= 15 is 0 Å². The molecule has 0 aliphatic heterocycles. The number of aromatic nitrogens is 2. The van der Waals surface area contributed by atoms with E-state index in [1.54, 1.807) is 18.2 Å². The number of nitrogens with one attached hydrogen (secondary N) is 1. The zero-order valence-corrected chi connectivity index (χ0v) is 18.9. The summed E-state index contributed by atoms with van der Waals surface area (Å²) in [5.41, 5.74) is 1.58. The van der Waals surface area contributed by atoms with Crippen molar-refractivity contribution in [1.29, 1.82) is 0 Å². The van der Waals surface area contributed by atoms with Gasteiger partial charge in [-0.05, 0) is 49.4 Å². The Morgan fingerprint density at radius 1 is 0.875 bits per heavy atom. The monoisotopic (exact) mass is 459 g/mol. The maximum Gasteiger partial charge on any atom is 0.244 e. The van der Waals surface area contributed by atoms with E-state index in [0.29, 0.717) is 23.9 Å². The van der Waals surface area contributed by atoms with Gasteiger partial charge in [0.05, 0.1) is 26.5 Å². The topological polar surface area (TPSA) is 109 Å². The summed E-state index contributed by atoms with van der Waals surface area (Å²) in [7, 11) is -0.902. The van der Waals surface area contributed by atoms with E-state index in [9.17, 15) is 8.42 Å². The van der Waals surface area contributed by atoms with Crippen LogP contribution in [0.4, 0.5) is 0 Å². The molecule has 0 atom stereocenters. The first kappa shape index (κ1) is 23.3. The van der Waals surface area contributed by atoms with Gasteiger partial charge in [-0.25, -0.2) is 13.1 Å². The second-order valence-corrected chi connectivity index (χ2v) is 8.21. The molecule has 3 aromatic rings. The minimum Gasteiger partial charge on any atom is -0.497 e. The van der Waals surface area contributed by atoms with Crippen LogP contribution in [-0.2, 0) is 10.0 Å². The quantitative estimate of drug-likeness (QED) is 0.436. The number of benzene rings is 2. The second-order valence-electron chi connectivity index (χ2n) is 6.48. The molecule has 10 heteroatoms. The van der Waals surface area contributed by atoms with Gasteiger partial charge < -0.3 is 18.9 Å². The Labute approximate surface area is 187 Å². The van der Waals surface area contributed by atoms with Gasteiger partial charge in [0.15, 0.2) is 0 Å². The number of methoxy groups -OCH3 is 2. The summed E-state index contributed by atoms with van der Waals surface area (Å²) in [4.78, 5) is 0.0142. The zero-order chi connectivity index (χ0) is 23.0. The smallest absolute Gasteiger partial charge is 0.244 e. The van der Waals surface area contributed by atoms with Crippen LogP contribution in [0.25, 0.3) is 11.3 Å². The largest absolute Gasteiger partial charge is 0.497 e. The minimum atomic E-state index is -3.79. The molecule has 0 saturated heterocycles. The van der Waals surface area contributed by atoms with E-state index in [0.717, 1.165) is 11.3 Å². The third kappa shape index (κ3) is 5.86. The van der Waals surface area contributed by atoms with Crippen molar-refractivity contribution >= 4 is 10.0 Å². The molecule has 0 aliphatic carbocycles. The van der Waals surface area contributed by atoms with Gasteiger partial charge in [0.25, 0.3) is 0 Å². The van der Waals surface area contributed by atoms with Crippen LogP contribution >= 0.6 is 0 Å². The second kappa shape index (κ2) is 10.8. The van der Waals surface area contributed by atoms with E-state index in [2.05, 4.69) is 14.9 Å². The predicted octanol–water partition coefficient (Wildman–Crippen LogP) is 2.92. The Kier molecular flexibility index (Phi) is 7.85. The number of hydrogen-bond acceptors (Lipinski definition) is 8. The highest BCUT2D eigenvalue weighted by molar-refractivity contribution is 7.89. The molecule has 3 rings (SSSR count). The Balaban J connectivity index is 1.54.